The van der Waals surface area contributed by atoms with Crippen LogP contribution in [0.2, 0.25) is 0 Å². The highest BCUT2D eigenvalue weighted by Gasteiger charge is 2.33. The molecule has 8 nitrogen and oxygen atoms in total. The molecule has 24 heavy (non-hydrogen) atoms. The number of morpholine rings is 1. The lowest BCUT2D eigenvalue weighted by Crippen LogP contribution is -2.36. The van der Waals surface area contributed by atoms with Crippen LogP contribution in [-0.4, -0.2) is 62.8 Å². The van der Waals surface area contributed by atoms with Crippen LogP contribution in [0.25, 0.3) is 0 Å². The number of nitrogens with one attached hydrogen (secondary N) is 1. The number of nitrogens with zero attached hydrogens (tertiary/aromatic N) is 2. The first kappa shape index (κ1) is 16.3. The number of hydrogen-bond acceptors (Lipinski definition) is 5. The highest BCUT2D eigenvalue weighted by Crippen LogP contribution is 2.28. The summed E-state index contributed by atoms with van der Waals surface area (Å²) in [5.41, 5.74) is 0.853. The first-order chi connectivity index (χ1) is 11.5. The minimum absolute atomic E-state index is 0.00802. The summed E-state index contributed by atoms with van der Waals surface area (Å²) in [4.78, 5) is 25.6. The number of halogens is 1. The van der Waals surface area contributed by atoms with Gasteiger partial charge >= 0.3 is 12.2 Å². The Labute approximate surface area is 137 Å². The molecular formula is C15H18FN3O5. The normalized spacial score (nSPS) is 20.9. The van der Waals surface area contributed by atoms with Crippen LogP contribution in [0.1, 0.15) is 0 Å². The van der Waals surface area contributed by atoms with Gasteiger partial charge in [0.15, 0.2) is 0 Å². The standard InChI is InChI=1S/C15H18FN3O5/c16-12-7-10(1-2-13(12)18-3-5-23-6-4-18)19-9-11(24-15(19)22)8-17-14(20)21/h1-2,7,11,17H,3-6,8-9H2,(H,20,21). The Balaban J connectivity index is 1.69. The Morgan fingerprint density at radius 3 is 2.79 bits per heavy atom. The lowest BCUT2D eigenvalue weighted by molar-refractivity contribution is 0.122. The summed E-state index contributed by atoms with van der Waals surface area (Å²) in [5, 5.41) is 10.7. The van der Waals surface area contributed by atoms with E-state index in [9.17, 15) is 14.0 Å². The van der Waals surface area contributed by atoms with Crippen LogP contribution in [-0.2, 0) is 9.47 Å². The maximum atomic E-state index is 14.4. The van der Waals surface area contributed by atoms with E-state index >= 15 is 0 Å². The van der Waals surface area contributed by atoms with Gasteiger partial charge in [0.25, 0.3) is 0 Å². The Kier molecular flexibility index (Phi) is 4.70. The number of hydrogen-bond donors (Lipinski definition) is 2. The van der Waals surface area contributed by atoms with E-state index in [1.54, 1.807) is 12.1 Å². The van der Waals surface area contributed by atoms with E-state index in [2.05, 4.69) is 5.32 Å². The van der Waals surface area contributed by atoms with Crippen molar-refractivity contribution >= 4 is 23.6 Å². The molecule has 2 aliphatic heterocycles. The molecule has 2 heterocycles. The Hall–Kier alpha value is -2.55. The second kappa shape index (κ2) is 6.91. The Morgan fingerprint density at radius 1 is 1.38 bits per heavy atom. The summed E-state index contributed by atoms with van der Waals surface area (Å²) >= 11 is 0. The van der Waals surface area contributed by atoms with Crippen molar-refractivity contribution in [3.05, 3.63) is 24.0 Å². The highest BCUT2D eigenvalue weighted by molar-refractivity contribution is 5.90. The number of benzene rings is 1. The zero-order valence-corrected chi connectivity index (χ0v) is 12.9. The molecule has 0 aliphatic carbocycles. The van der Waals surface area contributed by atoms with Gasteiger partial charge in [-0.25, -0.2) is 14.0 Å². The van der Waals surface area contributed by atoms with Crippen LogP contribution in [0.3, 0.4) is 0 Å². The van der Waals surface area contributed by atoms with E-state index in [4.69, 9.17) is 14.6 Å². The molecule has 0 spiro atoms. The van der Waals surface area contributed by atoms with E-state index in [-0.39, 0.29) is 13.1 Å². The van der Waals surface area contributed by atoms with E-state index < -0.39 is 24.1 Å². The minimum Gasteiger partial charge on any atom is -0.465 e. The molecule has 0 bridgehead atoms. The van der Waals surface area contributed by atoms with Crippen LogP contribution in [0.15, 0.2) is 18.2 Å². The summed E-state index contributed by atoms with van der Waals surface area (Å²) < 4.78 is 24.7. The molecule has 0 aromatic heterocycles. The Bertz CT molecular complexity index is 636. The molecule has 1 atom stereocenters. The summed E-state index contributed by atoms with van der Waals surface area (Å²) in [6.45, 7) is 2.49. The molecule has 1 unspecified atom stereocenters. The molecule has 1 aromatic rings. The molecule has 130 valence electrons. The van der Waals surface area contributed by atoms with Gasteiger partial charge in [-0.2, -0.15) is 0 Å². The topological polar surface area (TPSA) is 91.3 Å². The van der Waals surface area contributed by atoms with Crippen LogP contribution in [0.4, 0.5) is 25.4 Å². The third kappa shape index (κ3) is 3.51. The molecule has 2 aliphatic rings. The summed E-state index contributed by atoms with van der Waals surface area (Å²) in [5.74, 6) is -0.422. The maximum absolute atomic E-state index is 14.4. The number of carbonyl (C=O) groups excluding carboxylic acids is 1. The van der Waals surface area contributed by atoms with Crippen molar-refractivity contribution in [2.45, 2.75) is 6.10 Å². The largest absolute Gasteiger partial charge is 0.465 e. The van der Waals surface area contributed by atoms with Crippen molar-refractivity contribution in [1.82, 2.24) is 5.32 Å². The molecule has 9 heteroatoms. The van der Waals surface area contributed by atoms with Crippen molar-refractivity contribution in [1.29, 1.82) is 0 Å². The van der Waals surface area contributed by atoms with Gasteiger partial charge in [-0.15, -0.1) is 0 Å². The van der Waals surface area contributed by atoms with Gasteiger partial charge in [0, 0.05) is 13.1 Å². The van der Waals surface area contributed by atoms with Crippen LogP contribution < -0.4 is 15.1 Å². The van der Waals surface area contributed by atoms with Gasteiger partial charge in [0.1, 0.15) is 11.9 Å². The first-order valence-electron chi connectivity index (χ1n) is 7.62. The van der Waals surface area contributed by atoms with E-state index in [0.29, 0.717) is 37.7 Å². The third-order valence-electron chi connectivity index (χ3n) is 3.95. The van der Waals surface area contributed by atoms with E-state index in [1.807, 2.05) is 4.90 Å². The smallest absolute Gasteiger partial charge is 0.414 e. The summed E-state index contributed by atoms with van der Waals surface area (Å²) in [7, 11) is 0. The predicted octanol–water partition coefficient (Wildman–Crippen LogP) is 1.26. The SMILES string of the molecule is O=C(O)NCC1CN(c2ccc(N3CCOCC3)c(F)c2)C(=O)O1. The van der Waals surface area contributed by atoms with Crippen molar-refractivity contribution in [3.8, 4) is 0 Å². The lowest BCUT2D eigenvalue weighted by atomic mass is 10.2. The van der Waals surface area contributed by atoms with Gasteiger partial charge in [-0.1, -0.05) is 0 Å². The maximum Gasteiger partial charge on any atom is 0.414 e. The molecule has 0 saturated carbocycles. The highest BCUT2D eigenvalue weighted by atomic mass is 19.1. The minimum atomic E-state index is -1.19. The first-order valence-corrected chi connectivity index (χ1v) is 7.62. The predicted molar refractivity (Wildman–Crippen MR) is 83.1 cm³/mol. The fraction of sp³-hybridized carbons (Fsp3) is 0.467. The van der Waals surface area contributed by atoms with Crippen LogP contribution in [0, 0.1) is 5.82 Å². The molecular weight excluding hydrogens is 321 g/mol. The number of rotatable bonds is 4. The zero-order valence-electron chi connectivity index (χ0n) is 12.9. The summed E-state index contributed by atoms with van der Waals surface area (Å²) in [6, 6.07) is 4.58. The molecule has 3 rings (SSSR count). The fourth-order valence-electron chi connectivity index (χ4n) is 2.76. The average Bonchev–Trinajstić information content (AvgIpc) is 2.94. The number of cyclic esters (lactones) is 1. The average molecular weight is 339 g/mol. The number of ether oxygens (including phenoxy) is 2. The van der Waals surface area contributed by atoms with Crippen LogP contribution in [0.5, 0.6) is 0 Å². The molecule has 2 amide bonds. The van der Waals surface area contributed by atoms with Crippen molar-refractivity contribution in [3.63, 3.8) is 0 Å². The van der Waals surface area contributed by atoms with Gasteiger partial charge < -0.3 is 24.8 Å². The second-order valence-corrected chi connectivity index (χ2v) is 5.54. The molecule has 0 radical (unpaired) electrons. The number of carbonyl (C=O) groups is 2. The number of anilines is 2. The lowest BCUT2D eigenvalue weighted by Gasteiger charge is -2.29. The third-order valence-corrected chi connectivity index (χ3v) is 3.95. The number of carboxylic acid groups (broad SMARTS) is 1. The van der Waals surface area contributed by atoms with Gasteiger partial charge in [-0.3, -0.25) is 4.90 Å². The van der Waals surface area contributed by atoms with Crippen molar-refractivity contribution in [2.24, 2.45) is 0 Å². The Morgan fingerprint density at radius 2 is 2.12 bits per heavy atom. The second-order valence-electron chi connectivity index (χ2n) is 5.54. The van der Waals surface area contributed by atoms with Crippen LogP contribution >= 0.6 is 0 Å². The fourth-order valence-corrected chi connectivity index (χ4v) is 2.76. The van der Waals surface area contributed by atoms with Crippen molar-refractivity contribution in [2.75, 3.05) is 49.2 Å². The number of amides is 2. The van der Waals surface area contributed by atoms with E-state index in [0.717, 1.165) is 0 Å². The molecule has 2 saturated heterocycles. The molecule has 1 aromatic carbocycles. The molecule has 2 fully saturated rings. The zero-order chi connectivity index (χ0) is 17.1. The van der Waals surface area contributed by atoms with Gasteiger partial charge in [0.05, 0.1) is 37.7 Å². The quantitative estimate of drug-likeness (QED) is 0.858. The summed E-state index contributed by atoms with van der Waals surface area (Å²) in [6.07, 6.45) is -2.41. The van der Waals surface area contributed by atoms with Crippen molar-refractivity contribution < 1.29 is 28.6 Å². The van der Waals surface area contributed by atoms with Gasteiger partial charge in [0.2, 0.25) is 0 Å². The molecule has 2 N–H and O–H groups in total. The van der Waals surface area contributed by atoms with Gasteiger partial charge in [-0.05, 0) is 18.2 Å². The van der Waals surface area contributed by atoms with E-state index in [1.165, 1.54) is 11.0 Å². The monoisotopic (exact) mass is 339 g/mol.